The van der Waals surface area contributed by atoms with Gasteiger partial charge in [0.2, 0.25) is 17.7 Å². The molecule has 3 fully saturated rings. The Bertz CT molecular complexity index is 814. The minimum absolute atomic E-state index is 0.0715. The van der Waals surface area contributed by atoms with E-state index in [0.717, 1.165) is 12.8 Å². The normalized spacial score (nSPS) is 30.4. The summed E-state index contributed by atoms with van der Waals surface area (Å²) in [7, 11) is 1.70. The molecule has 2 bridgehead atoms. The zero-order chi connectivity index (χ0) is 25.2. The molecule has 0 saturated carbocycles. The summed E-state index contributed by atoms with van der Waals surface area (Å²) in [4.78, 5) is 46.4. The maximum absolute atomic E-state index is 14.1. The first-order chi connectivity index (χ1) is 16.2. The van der Waals surface area contributed by atoms with Crippen molar-refractivity contribution in [2.24, 2.45) is 17.8 Å². The first-order valence-electron chi connectivity index (χ1n) is 12.6. The predicted molar refractivity (Wildman–Crippen MR) is 130 cm³/mol. The zero-order valence-corrected chi connectivity index (χ0v) is 21.1. The van der Waals surface area contributed by atoms with Crippen LogP contribution in [-0.4, -0.2) is 94.6 Å². The van der Waals surface area contributed by atoms with Gasteiger partial charge < -0.3 is 24.5 Å². The van der Waals surface area contributed by atoms with Crippen LogP contribution < -0.4 is 0 Å². The number of hydrogen-bond donors (Lipinski definition) is 1. The van der Waals surface area contributed by atoms with Crippen LogP contribution in [0.3, 0.4) is 0 Å². The van der Waals surface area contributed by atoms with Crippen molar-refractivity contribution in [1.82, 2.24) is 14.7 Å². The number of fused-ring (bicyclic) bond motifs is 1. The summed E-state index contributed by atoms with van der Waals surface area (Å²) in [5.74, 6) is -2.04. The minimum Gasteiger partial charge on any atom is -0.394 e. The van der Waals surface area contributed by atoms with Gasteiger partial charge in [-0.3, -0.25) is 14.4 Å². The van der Waals surface area contributed by atoms with E-state index >= 15 is 0 Å². The van der Waals surface area contributed by atoms with Gasteiger partial charge >= 0.3 is 0 Å². The summed E-state index contributed by atoms with van der Waals surface area (Å²) in [6, 6.07) is -1.41. The van der Waals surface area contributed by atoms with Gasteiger partial charge in [0.05, 0.1) is 30.6 Å². The minimum atomic E-state index is -1.05. The first kappa shape index (κ1) is 26.4. The summed E-state index contributed by atoms with van der Waals surface area (Å²) >= 11 is 0. The zero-order valence-electron chi connectivity index (χ0n) is 21.1. The molecule has 8 nitrogen and oxygen atoms in total. The van der Waals surface area contributed by atoms with E-state index in [0.29, 0.717) is 32.5 Å². The van der Waals surface area contributed by atoms with E-state index in [1.807, 2.05) is 13.8 Å². The topological polar surface area (TPSA) is 90.4 Å². The van der Waals surface area contributed by atoms with E-state index in [9.17, 15) is 19.5 Å². The maximum atomic E-state index is 14.1. The lowest BCUT2D eigenvalue weighted by Gasteiger charge is -2.40. The van der Waals surface area contributed by atoms with Gasteiger partial charge in [-0.15, -0.1) is 13.2 Å². The third kappa shape index (κ3) is 4.19. The van der Waals surface area contributed by atoms with E-state index in [2.05, 4.69) is 20.1 Å². The molecule has 3 aliphatic rings. The molecular formula is C26H41N3O5. The van der Waals surface area contributed by atoms with Crippen LogP contribution in [0.25, 0.3) is 0 Å². The Morgan fingerprint density at radius 3 is 2.50 bits per heavy atom. The Hall–Kier alpha value is -2.19. The second kappa shape index (κ2) is 10.6. The highest BCUT2D eigenvalue weighted by atomic mass is 16.5. The molecule has 3 amide bonds. The smallest absolute Gasteiger partial charge is 0.248 e. The van der Waals surface area contributed by atoms with Gasteiger partial charge in [-0.05, 0) is 25.2 Å². The average molecular weight is 476 g/mol. The van der Waals surface area contributed by atoms with Crippen LogP contribution in [0.2, 0.25) is 0 Å². The van der Waals surface area contributed by atoms with Crippen LogP contribution in [-0.2, 0) is 19.1 Å². The van der Waals surface area contributed by atoms with Gasteiger partial charge in [0, 0.05) is 26.7 Å². The van der Waals surface area contributed by atoms with Crippen molar-refractivity contribution >= 4 is 17.7 Å². The quantitative estimate of drug-likeness (QED) is 0.435. The lowest BCUT2D eigenvalue weighted by atomic mass is 9.70. The number of likely N-dealkylation sites (tertiary alicyclic amines) is 1. The second-order valence-corrected chi connectivity index (χ2v) is 10.2. The highest BCUT2D eigenvalue weighted by Crippen LogP contribution is 2.59. The van der Waals surface area contributed by atoms with Crippen molar-refractivity contribution in [3.63, 3.8) is 0 Å². The number of aliphatic hydroxyl groups excluding tert-OH is 1. The van der Waals surface area contributed by atoms with Crippen molar-refractivity contribution in [3.8, 4) is 0 Å². The monoisotopic (exact) mass is 475 g/mol. The third-order valence-electron chi connectivity index (χ3n) is 7.79. The van der Waals surface area contributed by atoms with Gasteiger partial charge in [0.1, 0.15) is 11.6 Å². The molecule has 3 saturated heterocycles. The largest absolute Gasteiger partial charge is 0.394 e. The van der Waals surface area contributed by atoms with E-state index in [1.54, 1.807) is 33.9 Å². The molecule has 190 valence electrons. The molecule has 0 aliphatic carbocycles. The van der Waals surface area contributed by atoms with Crippen molar-refractivity contribution in [1.29, 1.82) is 0 Å². The fourth-order valence-electron chi connectivity index (χ4n) is 6.14. The van der Waals surface area contributed by atoms with Gasteiger partial charge in [-0.25, -0.2) is 0 Å². The second-order valence-electron chi connectivity index (χ2n) is 10.2. The van der Waals surface area contributed by atoms with Crippen LogP contribution in [0.1, 0.15) is 46.5 Å². The Morgan fingerprint density at radius 1 is 1.26 bits per heavy atom. The van der Waals surface area contributed by atoms with Crippen LogP contribution >= 0.6 is 0 Å². The molecule has 1 spiro atoms. The Kier molecular flexibility index (Phi) is 8.24. The number of unbranched alkanes of at least 4 members (excludes halogenated alkanes) is 1. The van der Waals surface area contributed by atoms with Crippen LogP contribution in [0, 0.1) is 17.8 Å². The number of carbonyl (C=O) groups is 3. The van der Waals surface area contributed by atoms with Crippen molar-refractivity contribution < 1.29 is 24.2 Å². The Labute approximate surface area is 203 Å². The molecule has 0 aromatic rings. The van der Waals surface area contributed by atoms with Crippen LogP contribution in [0.4, 0.5) is 0 Å². The number of aliphatic hydroxyl groups is 1. The molecule has 8 heteroatoms. The van der Waals surface area contributed by atoms with Crippen LogP contribution in [0.5, 0.6) is 0 Å². The average Bonchev–Trinajstić information content (AvgIpc) is 3.44. The molecule has 2 unspecified atom stereocenters. The van der Waals surface area contributed by atoms with Gasteiger partial charge in [0.25, 0.3) is 0 Å². The molecule has 3 rings (SSSR count). The number of amides is 3. The van der Waals surface area contributed by atoms with Gasteiger partial charge in [-0.1, -0.05) is 39.3 Å². The van der Waals surface area contributed by atoms with Crippen molar-refractivity contribution in [2.45, 2.75) is 70.2 Å². The van der Waals surface area contributed by atoms with Gasteiger partial charge in [0.15, 0.2) is 0 Å². The highest BCUT2D eigenvalue weighted by Gasteiger charge is 2.75. The van der Waals surface area contributed by atoms with E-state index in [-0.39, 0.29) is 36.4 Å². The Morgan fingerprint density at radius 2 is 1.94 bits per heavy atom. The molecule has 34 heavy (non-hydrogen) atoms. The van der Waals surface area contributed by atoms with Gasteiger partial charge in [-0.2, -0.15) is 0 Å². The fourth-order valence-corrected chi connectivity index (χ4v) is 6.14. The molecule has 1 N–H and O–H groups in total. The standard InChI is InChI=1S/C26H41N3O5/c1-7-10-15-28(14-9-3)25(33)22-26-12-11-19(34-26)20(23(31)27(6)13-8-2)21(26)24(32)29(22)18(16-30)17(4)5/h8-9,17-22,30H,2-3,7,10-16H2,1,4-6H3/t18-,19-,20+,21-,22?,26?/m0/s1. The maximum Gasteiger partial charge on any atom is 0.248 e. The van der Waals surface area contributed by atoms with E-state index in [4.69, 9.17) is 4.74 Å². The molecule has 3 aliphatic heterocycles. The number of rotatable bonds is 12. The summed E-state index contributed by atoms with van der Waals surface area (Å²) in [6.07, 6.45) is 5.89. The van der Waals surface area contributed by atoms with Crippen LogP contribution in [0.15, 0.2) is 25.3 Å². The molecule has 3 heterocycles. The SMILES string of the molecule is C=CCN(C)C(=O)[C@@H]1[C@@H]2CCC3(O2)C(C(=O)N(CC=C)CCCC)N([C@@H](CO)C(C)C)C(=O)[C@H]13. The third-order valence-corrected chi connectivity index (χ3v) is 7.79. The predicted octanol–water partition coefficient (Wildman–Crippen LogP) is 1.84. The number of hydrogen-bond acceptors (Lipinski definition) is 5. The molecule has 0 aromatic heterocycles. The van der Waals surface area contributed by atoms with Crippen molar-refractivity contribution in [2.75, 3.05) is 33.3 Å². The summed E-state index contributed by atoms with van der Waals surface area (Å²) in [5, 5.41) is 10.3. The number of likely N-dealkylation sites (N-methyl/N-ethyl adjacent to an activating group) is 1. The molecule has 6 atom stereocenters. The number of carbonyl (C=O) groups excluding carboxylic acids is 3. The van der Waals surface area contributed by atoms with E-state index in [1.165, 1.54) is 0 Å². The molecular weight excluding hydrogens is 434 g/mol. The van der Waals surface area contributed by atoms with Crippen molar-refractivity contribution in [3.05, 3.63) is 25.3 Å². The number of ether oxygens (including phenoxy) is 1. The number of nitrogens with zero attached hydrogens (tertiary/aromatic N) is 3. The lowest BCUT2D eigenvalue weighted by molar-refractivity contribution is -0.152. The Balaban J connectivity index is 2.08. The summed E-state index contributed by atoms with van der Waals surface area (Å²) < 4.78 is 6.50. The van der Waals surface area contributed by atoms with E-state index < -0.39 is 29.5 Å². The molecule has 0 aromatic carbocycles. The summed E-state index contributed by atoms with van der Waals surface area (Å²) in [5.41, 5.74) is -1.05. The highest BCUT2D eigenvalue weighted by molar-refractivity contribution is 5.99. The lowest BCUT2D eigenvalue weighted by Crippen LogP contribution is -2.59. The molecule has 0 radical (unpaired) electrons. The summed E-state index contributed by atoms with van der Waals surface area (Å²) in [6.45, 7) is 14.5. The first-order valence-corrected chi connectivity index (χ1v) is 12.6. The fraction of sp³-hybridized carbons (Fsp3) is 0.731.